The number of hydrogen-bond donors (Lipinski definition) is 2. The number of methoxy groups -OCH3 is 1. The Kier molecular flexibility index (Phi) is 7.48. The van der Waals surface area contributed by atoms with Crippen LogP contribution in [0.5, 0.6) is 5.75 Å². The van der Waals surface area contributed by atoms with Gasteiger partial charge in [-0.05, 0) is 36.1 Å². The quantitative estimate of drug-likeness (QED) is 0.659. The van der Waals surface area contributed by atoms with Crippen LogP contribution in [-0.4, -0.2) is 53.7 Å². The van der Waals surface area contributed by atoms with Gasteiger partial charge in [-0.1, -0.05) is 42.5 Å². The first-order valence-corrected chi connectivity index (χ1v) is 10.1. The number of rotatable bonds is 7. The standard InChI is InChI=1S/C23H26N2O6/c1-30-22(28)19(14-16-9-11-18(26)12-10-16)24-21(27)20-8-5-13-25(20)23(29)31-15-17-6-3-2-4-7-17/h2-4,6-7,9-12,19-20,26H,5,8,13-15H2,1H3,(H,24,27)/t19-,20-/m0/s1. The van der Waals surface area contributed by atoms with Gasteiger partial charge in [-0.3, -0.25) is 9.69 Å². The minimum Gasteiger partial charge on any atom is -0.508 e. The summed E-state index contributed by atoms with van der Waals surface area (Å²) in [7, 11) is 1.25. The van der Waals surface area contributed by atoms with Gasteiger partial charge in [-0.25, -0.2) is 9.59 Å². The van der Waals surface area contributed by atoms with Crippen LogP contribution in [-0.2, 0) is 32.1 Å². The lowest BCUT2D eigenvalue weighted by molar-refractivity contribution is -0.145. The van der Waals surface area contributed by atoms with Crippen molar-refractivity contribution in [1.29, 1.82) is 0 Å². The van der Waals surface area contributed by atoms with Crippen molar-refractivity contribution in [2.24, 2.45) is 0 Å². The Hall–Kier alpha value is -3.55. The molecule has 2 aromatic carbocycles. The molecular weight excluding hydrogens is 400 g/mol. The Bertz CT molecular complexity index is 900. The molecule has 8 heteroatoms. The summed E-state index contributed by atoms with van der Waals surface area (Å²) in [4.78, 5) is 39.1. The van der Waals surface area contributed by atoms with Crippen LogP contribution in [0.25, 0.3) is 0 Å². The smallest absolute Gasteiger partial charge is 0.410 e. The molecule has 0 spiro atoms. The zero-order valence-corrected chi connectivity index (χ0v) is 17.3. The SMILES string of the molecule is COC(=O)[C@H](Cc1ccc(O)cc1)NC(=O)[C@@H]1CCCN1C(=O)OCc1ccccc1. The zero-order chi connectivity index (χ0) is 22.2. The summed E-state index contributed by atoms with van der Waals surface area (Å²) >= 11 is 0. The lowest BCUT2D eigenvalue weighted by Gasteiger charge is -2.25. The van der Waals surface area contributed by atoms with Gasteiger partial charge in [0.2, 0.25) is 5.91 Å². The number of ether oxygens (including phenoxy) is 2. The summed E-state index contributed by atoms with van der Waals surface area (Å²) < 4.78 is 10.2. The van der Waals surface area contributed by atoms with Crippen LogP contribution in [0.4, 0.5) is 4.79 Å². The first-order valence-electron chi connectivity index (χ1n) is 10.1. The molecule has 2 N–H and O–H groups in total. The molecule has 1 aliphatic rings. The summed E-state index contributed by atoms with van der Waals surface area (Å²) in [6.07, 6.45) is 0.789. The van der Waals surface area contributed by atoms with E-state index in [2.05, 4.69) is 5.32 Å². The first-order chi connectivity index (χ1) is 15.0. The van der Waals surface area contributed by atoms with Crippen molar-refractivity contribution in [3.05, 3.63) is 65.7 Å². The highest BCUT2D eigenvalue weighted by atomic mass is 16.6. The Labute approximate surface area is 180 Å². The van der Waals surface area contributed by atoms with Crippen LogP contribution >= 0.6 is 0 Å². The third-order valence-corrected chi connectivity index (χ3v) is 5.17. The van der Waals surface area contributed by atoms with E-state index < -0.39 is 30.1 Å². The fourth-order valence-corrected chi connectivity index (χ4v) is 3.53. The number of amides is 2. The molecule has 0 saturated carbocycles. The maximum Gasteiger partial charge on any atom is 0.410 e. The van der Waals surface area contributed by atoms with Crippen LogP contribution in [0, 0.1) is 0 Å². The Morgan fingerprint density at radius 3 is 2.48 bits per heavy atom. The molecule has 1 fully saturated rings. The Morgan fingerprint density at radius 2 is 1.81 bits per heavy atom. The van der Waals surface area contributed by atoms with E-state index in [1.807, 2.05) is 30.3 Å². The molecule has 8 nitrogen and oxygen atoms in total. The van der Waals surface area contributed by atoms with Gasteiger partial charge >= 0.3 is 12.1 Å². The van der Waals surface area contributed by atoms with Crippen LogP contribution in [0.15, 0.2) is 54.6 Å². The van der Waals surface area contributed by atoms with Crippen LogP contribution in [0.1, 0.15) is 24.0 Å². The van der Waals surface area contributed by atoms with Crippen LogP contribution in [0.2, 0.25) is 0 Å². The van der Waals surface area contributed by atoms with Gasteiger partial charge in [0, 0.05) is 13.0 Å². The predicted octanol–water partition coefficient (Wildman–Crippen LogP) is 2.39. The second-order valence-corrected chi connectivity index (χ2v) is 7.35. The summed E-state index contributed by atoms with van der Waals surface area (Å²) in [5.41, 5.74) is 1.61. The Morgan fingerprint density at radius 1 is 1.10 bits per heavy atom. The van der Waals surface area contributed by atoms with Crippen molar-refractivity contribution in [3.8, 4) is 5.75 Å². The normalized spacial score (nSPS) is 16.4. The van der Waals surface area contributed by atoms with Gasteiger partial charge in [0.05, 0.1) is 7.11 Å². The van der Waals surface area contributed by atoms with Gasteiger partial charge in [-0.15, -0.1) is 0 Å². The van der Waals surface area contributed by atoms with Gasteiger partial charge in [0.1, 0.15) is 24.4 Å². The molecule has 31 heavy (non-hydrogen) atoms. The average molecular weight is 426 g/mol. The van der Waals surface area contributed by atoms with E-state index in [0.29, 0.717) is 19.4 Å². The topological polar surface area (TPSA) is 105 Å². The number of benzene rings is 2. The van der Waals surface area contributed by atoms with E-state index in [1.165, 1.54) is 24.1 Å². The minimum atomic E-state index is -0.912. The minimum absolute atomic E-state index is 0.109. The van der Waals surface area contributed by atoms with Gasteiger partial charge < -0.3 is 19.9 Å². The summed E-state index contributed by atoms with van der Waals surface area (Å²) in [5.74, 6) is -0.904. The molecule has 2 atom stereocenters. The number of nitrogens with one attached hydrogen (secondary N) is 1. The van der Waals surface area contributed by atoms with Crippen molar-refractivity contribution in [3.63, 3.8) is 0 Å². The zero-order valence-electron chi connectivity index (χ0n) is 17.3. The molecule has 0 bridgehead atoms. The van der Waals surface area contributed by atoms with E-state index in [9.17, 15) is 19.5 Å². The predicted molar refractivity (Wildman–Crippen MR) is 112 cm³/mol. The van der Waals surface area contributed by atoms with Crippen LogP contribution in [0.3, 0.4) is 0 Å². The number of likely N-dealkylation sites (tertiary alicyclic amines) is 1. The second-order valence-electron chi connectivity index (χ2n) is 7.35. The van der Waals surface area contributed by atoms with E-state index >= 15 is 0 Å². The number of phenols is 1. The first kappa shape index (κ1) is 22.1. The van der Waals surface area contributed by atoms with E-state index in [0.717, 1.165) is 11.1 Å². The molecule has 3 rings (SSSR count). The highest BCUT2D eigenvalue weighted by molar-refractivity contribution is 5.90. The van der Waals surface area contributed by atoms with Crippen molar-refractivity contribution in [1.82, 2.24) is 10.2 Å². The molecule has 0 aromatic heterocycles. The van der Waals surface area contributed by atoms with Gasteiger partial charge in [0.15, 0.2) is 0 Å². The Balaban J connectivity index is 1.62. The van der Waals surface area contributed by atoms with Crippen molar-refractivity contribution in [2.75, 3.05) is 13.7 Å². The highest BCUT2D eigenvalue weighted by Crippen LogP contribution is 2.20. The van der Waals surface area contributed by atoms with Crippen LogP contribution < -0.4 is 5.32 Å². The van der Waals surface area contributed by atoms with Crippen molar-refractivity contribution in [2.45, 2.75) is 38.0 Å². The molecule has 0 unspecified atom stereocenters. The molecular formula is C23H26N2O6. The lowest BCUT2D eigenvalue weighted by atomic mass is 10.0. The number of phenolic OH excluding ortho intramolecular Hbond substituents is 1. The molecule has 0 aliphatic carbocycles. The number of hydrogen-bond acceptors (Lipinski definition) is 6. The van der Waals surface area contributed by atoms with Crippen molar-refractivity contribution < 1.29 is 29.0 Å². The summed E-state index contributed by atoms with van der Waals surface area (Å²) in [6, 6.07) is 14.0. The number of esters is 1. The molecule has 1 aliphatic heterocycles. The molecule has 2 amide bonds. The van der Waals surface area contributed by atoms with E-state index in [4.69, 9.17) is 9.47 Å². The fourth-order valence-electron chi connectivity index (χ4n) is 3.53. The highest BCUT2D eigenvalue weighted by Gasteiger charge is 2.37. The fraction of sp³-hybridized carbons (Fsp3) is 0.348. The maximum atomic E-state index is 12.9. The van der Waals surface area contributed by atoms with Gasteiger partial charge in [-0.2, -0.15) is 0 Å². The molecule has 2 aromatic rings. The molecule has 0 radical (unpaired) electrons. The van der Waals surface area contributed by atoms with E-state index in [1.54, 1.807) is 12.1 Å². The third kappa shape index (κ3) is 5.97. The largest absolute Gasteiger partial charge is 0.508 e. The summed E-state index contributed by atoms with van der Waals surface area (Å²) in [5, 5.41) is 12.1. The third-order valence-electron chi connectivity index (χ3n) is 5.17. The second kappa shape index (κ2) is 10.5. The monoisotopic (exact) mass is 426 g/mol. The number of carbonyl (C=O) groups is 3. The lowest BCUT2D eigenvalue weighted by Crippen LogP contribution is -2.51. The van der Waals surface area contributed by atoms with Gasteiger partial charge in [0.25, 0.3) is 0 Å². The molecule has 164 valence electrons. The number of nitrogens with zero attached hydrogens (tertiary/aromatic N) is 1. The average Bonchev–Trinajstić information content (AvgIpc) is 3.29. The molecule has 1 heterocycles. The number of aromatic hydroxyl groups is 1. The van der Waals surface area contributed by atoms with E-state index in [-0.39, 0.29) is 18.8 Å². The maximum absolute atomic E-state index is 12.9. The summed E-state index contributed by atoms with van der Waals surface area (Å²) in [6.45, 7) is 0.530. The van der Waals surface area contributed by atoms with Crippen molar-refractivity contribution >= 4 is 18.0 Å². The number of carbonyl (C=O) groups excluding carboxylic acids is 3. The molecule has 1 saturated heterocycles.